The fraction of sp³-hybridized carbons (Fsp3) is 0.467. The molecule has 0 saturated heterocycles. The molecule has 0 radical (unpaired) electrons. The van der Waals surface area contributed by atoms with Crippen LogP contribution in [0.4, 0.5) is 0 Å². The molecule has 1 aliphatic heterocycles. The van der Waals surface area contributed by atoms with Gasteiger partial charge in [-0.25, -0.2) is 0 Å². The number of fused-ring (bicyclic) bond motifs is 1. The van der Waals surface area contributed by atoms with E-state index in [2.05, 4.69) is 38.1 Å². The molecule has 0 aliphatic carbocycles. The molecular formula is C15H19NO. The lowest BCUT2D eigenvalue weighted by atomic mass is 9.93. The Morgan fingerprint density at radius 3 is 2.82 bits per heavy atom. The molecule has 0 amide bonds. The van der Waals surface area contributed by atoms with E-state index in [-0.39, 0.29) is 17.7 Å². The van der Waals surface area contributed by atoms with Gasteiger partial charge >= 0.3 is 0 Å². The number of para-hydroxylation sites is 1. The van der Waals surface area contributed by atoms with E-state index < -0.39 is 0 Å². The number of rotatable bonds is 3. The van der Waals surface area contributed by atoms with Gasteiger partial charge in [-0.3, -0.25) is 5.32 Å². The van der Waals surface area contributed by atoms with Gasteiger partial charge in [0.25, 0.3) is 0 Å². The molecule has 2 atom stereocenters. The highest BCUT2D eigenvalue weighted by Gasteiger charge is 2.41. The van der Waals surface area contributed by atoms with Crippen LogP contribution in [0.15, 0.2) is 24.3 Å². The zero-order chi connectivity index (χ0) is 12.5. The van der Waals surface area contributed by atoms with Gasteiger partial charge in [0.05, 0.1) is 12.1 Å². The first kappa shape index (κ1) is 12.0. The van der Waals surface area contributed by atoms with Crippen LogP contribution in [0.1, 0.15) is 38.8 Å². The van der Waals surface area contributed by atoms with Gasteiger partial charge < -0.3 is 4.74 Å². The van der Waals surface area contributed by atoms with Crippen molar-refractivity contribution in [3.05, 3.63) is 29.8 Å². The average molecular weight is 229 g/mol. The molecule has 1 aromatic rings. The van der Waals surface area contributed by atoms with Gasteiger partial charge in [-0.2, -0.15) is 0 Å². The lowest BCUT2D eigenvalue weighted by molar-refractivity contribution is 0.0937. The summed E-state index contributed by atoms with van der Waals surface area (Å²) in [4.78, 5) is 0. The monoisotopic (exact) mass is 229 g/mol. The summed E-state index contributed by atoms with van der Waals surface area (Å²) in [5.41, 5.74) is 0.944. The highest BCUT2D eigenvalue weighted by Crippen LogP contribution is 2.42. The first-order valence-corrected chi connectivity index (χ1v) is 6.08. The van der Waals surface area contributed by atoms with Crippen LogP contribution in [-0.4, -0.2) is 11.6 Å². The molecule has 1 aliphatic rings. The molecule has 2 unspecified atom stereocenters. The Hall–Kier alpha value is -1.46. The maximum absolute atomic E-state index is 5.97. The molecule has 90 valence electrons. The smallest absolute Gasteiger partial charge is 0.125 e. The third kappa shape index (κ3) is 2.16. The summed E-state index contributed by atoms with van der Waals surface area (Å²) in [7, 11) is 0. The highest BCUT2D eigenvalue weighted by atomic mass is 16.5. The Morgan fingerprint density at radius 2 is 2.18 bits per heavy atom. The van der Waals surface area contributed by atoms with Crippen molar-refractivity contribution >= 4 is 0 Å². The van der Waals surface area contributed by atoms with E-state index in [0.717, 1.165) is 12.2 Å². The van der Waals surface area contributed by atoms with Gasteiger partial charge in [0.1, 0.15) is 11.4 Å². The molecule has 0 fully saturated rings. The number of terminal acetylenes is 1. The molecule has 0 saturated carbocycles. The van der Waals surface area contributed by atoms with Crippen LogP contribution in [0.3, 0.4) is 0 Å². The molecule has 1 heterocycles. The van der Waals surface area contributed by atoms with E-state index in [1.807, 2.05) is 18.2 Å². The molecule has 0 aromatic heterocycles. The summed E-state index contributed by atoms with van der Waals surface area (Å²) >= 11 is 0. The predicted octanol–water partition coefficient (Wildman–Crippen LogP) is 2.90. The van der Waals surface area contributed by atoms with Gasteiger partial charge in [0.2, 0.25) is 0 Å². The predicted molar refractivity (Wildman–Crippen MR) is 69.9 cm³/mol. The first-order chi connectivity index (χ1) is 8.08. The second-order valence-electron chi connectivity index (χ2n) is 4.97. The molecule has 2 rings (SSSR count). The third-order valence-electron chi connectivity index (χ3n) is 3.28. The molecule has 1 N–H and O–H groups in total. The number of ether oxygens (including phenoxy) is 1. The van der Waals surface area contributed by atoms with Crippen molar-refractivity contribution in [1.29, 1.82) is 0 Å². The SMILES string of the molecule is C#CC(CC)NC1c2ccccc2OC1(C)C. The van der Waals surface area contributed by atoms with Crippen molar-refractivity contribution < 1.29 is 4.74 Å². The summed E-state index contributed by atoms with van der Waals surface area (Å²) in [6, 6.07) is 8.39. The van der Waals surface area contributed by atoms with E-state index in [1.54, 1.807) is 0 Å². The minimum absolute atomic E-state index is 0.0917. The van der Waals surface area contributed by atoms with Gasteiger partial charge in [-0.1, -0.05) is 31.0 Å². The Bertz CT molecular complexity index is 444. The summed E-state index contributed by atoms with van der Waals surface area (Å²) in [6.07, 6.45) is 6.44. The zero-order valence-electron chi connectivity index (χ0n) is 10.7. The van der Waals surface area contributed by atoms with Gasteiger partial charge in [0.15, 0.2) is 0 Å². The fourth-order valence-electron chi connectivity index (χ4n) is 2.30. The van der Waals surface area contributed by atoms with Crippen molar-refractivity contribution in [3.8, 4) is 18.1 Å². The minimum atomic E-state index is -0.256. The Labute approximate surface area is 103 Å². The Kier molecular flexibility index (Phi) is 3.13. The lowest BCUT2D eigenvalue weighted by Gasteiger charge is -2.29. The summed E-state index contributed by atoms with van der Waals surface area (Å²) in [5, 5.41) is 3.50. The number of benzene rings is 1. The molecule has 1 aromatic carbocycles. The maximum Gasteiger partial charge on any atom is 0.125 e. The van der Waals surface area contributed by atoms with Crippen molar-refractivity contribution in [1.82, 2.24) is 5.32 Å². The van der Waals surface area contributed by atoms with Crippen LogP contribution in [-0.2, 0) is 0 Å². The van der Waals surface area contributed by atoms with Gasteiger partial charge in [-0.15, -0.1) is 6.42 Å². The normalized spacial score (nSPS) is 22.4. The van der Waals surface area contributed by atoms with Crippen LogP contribution in [0.5, 0.6) is 5.75 Å². The first-order valence-electron chi connectivity index (χ1n) is 6.08. The molecular weight excluding hydrogens is 210 g/mol. The average Bonchev–Trinajstić information content (AvgIpc) is 2.56. The number of hydrogen-bond acceptors (Lipinski definition) is 2. The largest absolute Gasteiger partial charge is 0.486 e. The lowest BCUT2D eigenvalue weighted by Crippen LogP contribution is -2.43. The standard InChI is InChI=1S/C15H19NO/c1-5-11(6-2)16-14-12-9-7-8-10-13(12)17-15(14,3)4/h1,7-11,14,16H,6H2,2-4H3. The van der Waals surface area contributed by atoms with E-state index >= 15 is 0 Å². The van der Waals surface area contributed by atoms with E-state index in [1.165, 1.54) is 5.56 Å². The highest BCUT2D eigenvalue weighted by molar-refractivity contribution is 5.42. The summed E-state index contributed by atoms with van der Waals surface area (Å²) in [5.74, 6) is 3.74. The molecule has 0 bridgehead atoms. The van der Waals surface area contributed by atoms with Crippen LogP contribution < -0.4 is 10.1 Å². The zero-order valence-corrected chi connectivity index (χ0v) is 10.7. The molecule has 0 spiro atoms. The Balaban J connectivity index is 2.29. The number of nitrogens with one attached hydrogen (secondary N) is 1. The van der Waals surface area contributed by atoms with Crippen molar-refractivity contribution in [2.75, 3.05) is 0 Å². The van der Waals surface area contributed by atoms with Crippen LogP contribution in [0.25, 0.3) is 0 Å². The quantitative estimate of drug-likeness (QED) is 0.805. The van der Waals surface area contributed by atoms with Gasteiger partial charge in [-0.05, 0) is 26.3 Å². The summed E-state index contributed by atoms with van der Waals surface area (Å²) < 4.78 is 5.97. The van der Waals surface area contributed by atoms with Crippen molar-refractivity contribution in [2.24, 2.45) is 0 Å². The second kappa shape index (κ2) is 4.43. The number of hydrogen-bond donors (Lipinski definition) is 1. The van der Waals surface area contributed by atoms with Gasteiger partial charge in [0, 0.05) is 5.56 Å². The van der Waals surface area contributed by atoms with E-state index in [0.29, 0.717) is 0 Å². The molecule has 2 heteroatoms. The maximum atomic E-state index is 5.97. The summed E-state index contributed by atoms with van der Waals surface area (Å²) in [6.45, 7) is 6.27. The van der Waals surface area contributed by atoms with E-state index in [4.69, 9.17) is 11.2 Å². The molecule has 17 heavy (non-hydrogen) atoms. The van der Waals surface area contributed by atoms with Crippen LogP contribution in [0.2, 0.25) is 0 Å². The molecule has 2 nitrogen and oxygen atoms in total. The van der Waals surface area contributed by atoms with E-state index in [9.17, 15) is 0 Å². The van der Waals surface area contributed by atoms with Crippen LogP contribution in [0, 0.1) is 12.3 Å². The fourth-order valence-corrected chi connectivity index (χ4v) is 2.30. The topological polar surface area (TPSA) is 21.3 Å². The minimum Gasteiger partial charge on any atom is -0.486 e. The van der Waals surface area contributed by atoms with Crippen LogP contribution >= 0.6 is 0 Å². The second-order valence-corrected chi connectivity index (χ2v) is 4.97. The van der Waals surface area contributed by atoms with Crippen molar-refractivity contribution in [2.45, 2.75) is 44.9 Å². The third-order valence-corrected chi connectivity index (χ3v) is 3.28. The van der Waals surface area contributed by atoms with Crippen molar-refractivity contribution in [3.63, 3.8) is 0 Å². The Morgan fingerprint density at radius 1 is 1.47 bits per heavy atom.